The fourth-order valence-electron chi connectivity index (χ4n) is 8.03. The SMILES string of the molecule is COC(=O)c1cc(OCCCCOc2cc(C(C)(C)C)cc(C(C)(C)C)c2)cc(C(=O)OC)c1.c1cc2nc(c1)-c1cccc(n1)-c1ccc(cc1)OCCCCCCCCOc1ccc(cc1)CCC2. The minimum atomic E-state index is -0.545. The molecule has 0 amide bonds. The lowest BCUT2D eigenvalue weighted by atomic mass is 9.80. The third-order valence-electron chi connectivity index (χ3n) is 12.3. The molecule has 4 aliphatic rings. The molecule has 0 saturated heterocycles. The number of methoxy groups -OCH3 is 2. The summed E-state index contributed by atoms with van der Waals surface area (Å²) in [5, 5.41) is 0. The summed E-state index contributed by atoms with van der Waals surface area (Å²) in [6.45, 7) is 15.8. The standard InChI is InChI=1S/C33H36N2O2.C28H38O6/c1-2-4-6-25-37-30-22-18-27(19-23-30)31-13-9-15-33(35-31)32-14-8-12-28(34-32)11-7-10-26-16-20-29(21-17-26)36-24-5-3-1;1-27(2,3)21-16-22(28(4,5)6)18-24(17-21)34-12-10-9-11-33-23-14-19(25(29)31-7)13-20(15-23)26(30)32-8/h8-9,12-23H,1-7,10-11,24-25H2;13-18H,9-12H2,1-8H3. The van der Waals surface area contributed by atoms with Crippen LogP contribution in [0.3, 0.4) is 0 Å². The molecule has 0 N–H and O–H groups in total. The highest BCUT2D eigenvalue weighted by molar-refractivity contribution is 5.96. The number of aromatic nitrogens is 2. The van der Waals surface area contributed by atoms with Gasteiger partial charge < -0.3 is 28.4 Å². The van der Waals surface area contributed by atoms with Gasteiger partial charge in [-0.25, -0.2) is 14.6 Å². The Hall–Kier alpha value is -6.68. The largest absolute Gasteiger partial charge is 0.494 e. The number of hydrogen-bond acceptors (Lipinski definition) is 10. The van der Waals surface area contributed by atoms with Gasteiger partial charge in [-0.3, -0.25) is 4.98 Å². The molecule has 4 aromatic carbocycles. The van der Waals surface area contributed by atoms with Gasteiger partial charge in [-0.1, -0.05) is 97.6 Å². The highest BCUT2D eigenvalue weighted by Gasteiger charge is 2.21. The molecular formula is C61H74N2O8. The molecule has 10 rings (SSSR count). The third kappa shape index (κ3) is 17.3. The van der Waals surface area contributed by atoms with E-state index in [-0.39, 0.29) is 22.0 Å². The molecule has 0 radical (unpaired) electrons. The molecule has 0 unspecified atom stereocenters. The van der Waals surface area contributed by atoms with Crippen molar-refractivity contribution in [1.82, 2.24) is 9.97 Å². The Balaban J connectivity index is 0.000000234. The van der Waals surface area contributed by atoms with E-state index < -0.39 is 11.9 Å². The second-order valence-corrected chi connectivity index (χ2v) is 20.1. The third-order valence-corrected chi connectivity index (χ3v) is 12.3. The van der Waals surface area contributed by atoms with Crippen molar-refractivity contribution in [2.24, 2.45) is 0 Å². The van der Waals surface area contributed by atoms with Crippen LogP contribution in [0.15, 0.2) is 121 Å². The summed E-state index contributed by atoms with van der Waals surface area (Å²) in [5.74, 6) is 2.09. The van der Waals surface area contributed by atoms with Crippen LogP contribution in [0.1, 0.15) is 142 Å². The van der Waals surface area contributed by atoms with E-state index in [0.717, 1.165) is 104 Å². The average Bonchev–Trinajstić information content (AvgIpc) is 3.37. The number of carbonyl (C=O) groups excluding carboxylic acids is 2. The summed E-state index contributed by atoms with van der Waals surface area (Å²) >= 11 is 0. The van der Waals surface area contributed by atoms with Crippen molar-refractivity contribution in [2.75, 3.05) is 40.6 Å². The van der Waals surface area contributed by atoms with E-state index in [0.29, 0.717) is 19.0 Å². The quantitative estimate of drug-likeness (QED) is 0.102. The molecule has 0 spiro atoms. The van der Waals surface area contributed by atoms with Gasteiger partial charge in [0.1, 0.15) is 23.0 Å². The first-order chi connectivity index (χ1) is 34.2. The Morgan fingerprint density at radius 2 is 0.986 bits per heavy atom. The highest BCUT2D eigenvalue weighted by atomic mass is 16.5. The topological polar surface area (TPSA) is 115 Å². The molecule has 376 valence electrons. The Bertz CT molecular complexity index is 2540. The second kappa shape index (κ2) is 26.5. The number of ether oxygens (including phenoxy) is 6. The number of aryl methyl sites for hydroxylation is 2. The van der Waals surface area contributed by atoms with E-state index in [9.17, 15) is 9.59 Å². The number of rotatable bonds is 9. The second-order valence-electron chi connectivity index (χ2n) is 20.1. The summed E-state index contributed by atoms with van der Waals surface area (Å²) in [6, 6.07) is 40.3. The van der Waals surface area contributed by atoms with Crippen molar-refractivity contribution < 1.29 is 38.0 Å². The maximum Gasteiger partial charge on any atom is 0.338 e. The number of pyridine rings is 2. The molecule has 8 bridgehead atoms. The molecular weight excluding hydrogens is 889 g/mol. The van der Waals surface area contributed by atoms with E-state index in [4.69, 9.17) is 38.4 Å². The normalized spacial score (nSPS) is 13.6. The average molecular weight is 963 g/mol. The fourth-order valence-corrected chi connectivity index (χ4v) is 8.03. The first-order valence-corrected chi connectivity index (χ1v) is 25.3. The number of unbranched alkanes of at least 4 members (excludes halogenated alkanes) is 1. The summed E-state index contributed by atoms with van der Waals surface area (Å²) in [6.07, 6.45) is 11.7. The zero-order valence-electron chi connectivity index (χ0n) is 43.3. The Labute approximate surface area is 422 Å². The van der Waals surface area contributed by atoms with Crippen LogP contribution in [-0.4, -0.2) is 62.6 Å². The van der Waals surface area contributed by atoms with Crippen molar-refractivity contribution in [2.45, 2.75) is 123 Å². The van der Waals surface area contributed by atoms with Crippen LogP contribution in [0, 0.1) is 0 Å². The van der Waals surface area contributed by atoms with Gasteiger partial charge in [0.25, 0.3) is 0 Å². The Morgan fingerprint density at radius 1 is 0.507 bits per heavy atom. The molecule has 4 aliphatic heterocycles. The Kier molecular flexibility index (Phi) is 20.0. The maximum absolute atomic E-state index is 11.9. The lowest BCUT2D eigenvalue weighted by Gasteiger charge is -2.26. The number of esters is 2. The number of carbonyl (C=O) groups is 2. The van der Waals surface area contributed by atoms with Crippen LogP contribution >= 0.6 is 0 Å². The van der Waals surface area contributed by atoms with Crippen LogP contribution in [0.2, 0.25) is 0 Å². The summed E-state index contributed by atoms with van der Waals surface area (Å²) in [5.41, 5.74) is 9.33. The summed E-state index contributed by atoms with van der Waals surface area (Å²) in [7, 11) is 2.57. The molecule has 6 heterocycles. The zero-order chi connectivity index (χ0) is 50.6. The van der Waals surface area contributed by atoms with Gasteiger partial charge in [0, 0.05) is 11.3 Å². The van der Waals surface area contributed by atoms with Crippen molar-refractivity contribution in [1.29, 1.82) is 0 Å². The predicted octanol–water partition coefficient (Wildman–Crippen LogP) is 14.2. The minimum absolute atomic E-state index is 0.0367. The molecule has 0 atom stereocenters. The van der Waals surface area contributed by atoms with Gasteiger partial charge >= 0.3 is 11.9 Å². The maximum atomic E-state index is 11.9. The van der Waals surface area contributed by atoms with E-state index in [2.05, 4.69) is 120 Å². The molecule has 2 aromatic heterocycles. The van der Waals surface area contributed by atoms with Crippen molar-refractivity contribution in [3.05, 3.63) is 155 Å². The van der Waals surface area contributed by atoms with Gasteiger partial charge in [-0.15, -0.1) is 0 Å². The van der Waals surface area contributed by atoms with Crippen LogP contribution in [0.25, 0.3) is 22.6 Å². The summed E-state index contributed by atoms with van der Waals surface area (Å²) in [4.78, 5) is 33.7. The van der Waals surface area contributed by atoms with Gasteiger partial charge in [0.05, 0.1) is 68.9 Å². The van der Waals surface area contributed by atoms with Crippen LogP contribution in [0.4, 0.5) is 0 Å². The van der Waals surface area contributed by atoms with E-state index >= 15 is 0 Å². The van der Waals surface area contributed by atoms with E-state index in [1.165, 1.54) is 62.7 Å². The van der Waals surface area contributed by atoms with E-state index in [1.807, 2.05) is 24.3 Å². The fraction of sp³-hybridized carbons (Fsp3) is 0.410. The molecule has 71 heavy (non-hydrogen) atoms. The summed E-state index contributed by atoms with van der Waals surface area (Å²) < 4.78 is 33.3. The molecule has 10 nitrogen and oxygen atoms in total. The first kappa shape index (κ1) is 53.7. The number of benzene rings is 4. The van der Waals surface area contributed by atoms with Gasteiger partial charge in [0.15, 0.2) is 0 Å². The minimum Gasteiger partial charge on any atom is -0.494 e. The molecule has 6 aromatic rings. The van der Waals surface area contributed by atoms with Crippen LogP contribution in [-0.2, 0) is 33.1 Å². The zero-order valence-corrected chi connectivity index (χ0v) is 43.3. The molecule has 10 heteroatoms. The highest BCUT2D eigenvalue weighted by Crippen LogP contribution is 2.33. The number of hydrogen-bond donors (Lipinski definition) is 0. The molecule has 0 fully saturated rings. The van der Waals surface area contributed by atoms with E-state index in [1.54, 1.807) is 12.1 Å². The van der Waals surface area contributed by atoms with Gasteiger partial charge in [0.2, 0.25) is 0 Å². The van der Waals surface area contributed by atoms with Crippen LogP contribution in [0.5, 0.6) is 23.0 Å². The van der Waals surface area contributed by atoms with Crippen molar-refractivity contribution >= 4 is 11.9 Å². The lowest BCUT2D eigenvalue weighted by molar-refractivity contribution is 0.0598. The first-order valence-electron chi connectivity index (χ1n) is 25.3. The Morgan fingerprint density at radius 3 is 1.52 bits per heavy atom. The van der Waals surface area contributed by atoms with Gasteiger partial charge in [-0.05, 0) is 163 Å². The molecule has 0 saturated carbocycles. The van der Waals surface area contributed by atoms with Gasteiger partial charge in [-0.2, -0.15) is 0 Å². The van der Waals surface area contributed by atoms with Crippen molar-refractivity contribution in [3.8, 4) is 45.6 Å². The number of nitrogens with zero attached hydrogens (tertiary/aromatic N) is 2. The molecule has 0 aliphatic carbocycles. The van der Waals surface area contributed by atoms with Crippen LogP contribution < -0.4 is 18.9 Å². The monoisotopic (exact) mass is 963 g/mol. The van der Waals surface area contributed by atoms with Crippen molar-refractivity contribution in [3.63, 3.8) is 0 Å². The predicted molar refractivity (Wildman–Crippen MR) is 283 cm³/mol. The smallest absolute Gasteiger partial charge is 0.338 e. The lowest BCUT2D eigenvalue weighted by Crippen LogP contribution is -2.16.